The van der Waals surface area contributed by atoms with Gasteiger partial charge in [-0.2, -0.15) is 0 Å². The molecule has 0 aliphatic carbocycles. The van der Waals surface area contributed by atoms with Gasteiger partial charge in [-0.25, -0.2) is 8.78 Å². The summed E-state index contributed by atoms with van der Waals surface area (Å²) in [6.45, 7) is 1.28. The zero-order chi connectivity index (χ0) is 17.0. The Morgan fingerprint density at radius 1 is 1.35 bits per heavy atom. The lowest BCUT2D eigenvalue weighted by atomic mass is 9.95. The first-order valence-electron chi connectivity index (χ1n) is 6.87. The van der Waals surface area contributed by atoms with Crippen LogP contribution in [0.3, 0.4) is 0 Å². The van der Waals surface area contributed by atoms with Crippen LogP contribution in [0.1, 0.15) is 28.8 Å². The van der Waals surface area contributed by atoms with Crippen LogP contribution in [0.5, 0.6) is 0 Å². The van der Waals surface area contributed by atoms with Crippen LogP contribution in [-0.2, 0) is 16.9 Å². The second-order valence-electron chi connectivity index (χ2n) is 5.28. The molecule has 2 rings (SSSR count). The summed E-state index contributed by atoms with van der Waals surface area (Å²) >= 11 is 0. The Hall–Kier alpha value is -2.25. The van der Waals surface area contributed by atoms with E-state index in [1.54, 1.807) is 6.07 Å². The van der Waals surface area contributed by atoms with Crippen molar-refractivity contribution in [1.29, 1.82) is 0 Å². The Morgan fingerprint density at radius 3 is 2.74 bits per heavy atom. The molecule has 5 nitrogen and oxygen atoms in total. The fourth-order valence-electron chi connectivity index (χ4n) is 2.08. The molecule has 0 spiro atoms. The molecule has 1 atom stereocenters. The quantitative estimate of drug-likeness (QED) is 0.855. The van der Waals surface area contributed by atoms with E-state index in [-0.39, 0.29) is 24.5 Å². The summed E-state index contributed by atoms with van der Waals surface area (Å²) in [6, 6.07) is 5.92. The third kappa shape index (κ3) is 4.14. The predicted molar refractivity (Wildman–Crippen MR) is 77.7 cm³/mol. The molecule has 0 radical (unpaired) electrons. The number of nitrogens with one attached hydrogen (secondary N) is 1. The number of methoxy groups -OCH3 is 1. The first-order valence-corrected chi connectivity index (χ1v) is 6.87. The highest BCUT2D eigenvalue weighted by Gasteiger charge is 2.28. The maximum atomic E-state index is 13.7. The summed E-state index contributed by atoms with van der Waals surface area (Å²) in [5, 5.41) is 12.8. The van der Waals surface area contributed by atoms with E-state index in [1.807, 2.05) is 0 Å². The molecule has 0 saturated heterocycles. The minimum Gasteiger partial charge on any atom is -0.453 e. The Labute approximate surface area is 131 Å². The molecule has 2 N–H and O–H groups in total. The van der Waals surface area contributed by atoms with Gasteiger partial charge in [-0.3, -0.25) is 4.79 Å². The Morgan fingerprint density at radius 2 is 2.09 bits per heavy atom. The van der Waals surface area contributed by atoms with Crippen LogP contribution < -0.4 is 5.32 Å². The van der Waals surface area contributed by atoms with Gasteiger partial charge in [0.05, 0.1) is 6.54 Å². The van der Waals surface area contributed by atoms with Crippen molar-refractivity contribution in [3.8, 4) is 0 Å². The van der Waals surface area contributed by atoms with Gasteiger partial charge in [0.25, 0.3) is 5.91 Å². The van der Waals surface area contributed by atoms with Gasteiger partial charge in [-0.1, -0.05) is 6.07 Å². The van der Waals surface area contributed by atoms with Crippen molar-refractivity contribution in [1.82, 2.24) is 5.32 Å². The predicted octanol–water partition coefficient (Wildman–Crippen LogP) is 2.34. The Kier molecular flexibility index (Phi) is 5.12. The van der Waals surface area contributed by atoms with E-state index < -0.39 is 23.1 Å². The van der Waals surface area contributed by atoms with Crippen LogP contribution in [0.4, 0.5) is 8.78 Å². The van der Waals surface area contributed by atoms with Crippen LogP contribution >= 0.6 is 0 Å². The van der Waals surface area contributed by atoms with Crippen molar-refractivity contribution in [3.63, 3.8) is 0 Å². The number of hydrogen-bond donors (Lipinski definition) is 2. The second-order valence-corrected chi connectivity index (χ2v) is 5.28. The number of furan rings is 1. The van der Waals surface area contributed by atoms with Crippen LogP contribution in [-0.4, -0.2) is 24.7 Å². The molecule has 1 aromatic heterocycles. The zero-order valence-electron chi connectivity index (χ0n) is 12.7. The molecule has 1 aromatic carbocycles. The number of carbonyl (C=O) groups is 1. The van der Waals surface area contributed by atoms with E-state index in [9.17, 15) is 18.7 Å². The summed E-state index contributed by atoms with van der Waals surface area (Å²) in [5.41, 5.74) is -1.81. The van der Waals surface area contributed by atoms with Gasteiger partial charge < -0.3 is 19.6 Å². The smallest absolute Gasteiger partial charge is 0.287 e. The summed E-state index contributed by atoms with van der Waals surface area (Å²) in [4.78, 5) is 12.0. The van der Waals surface area contributed by atoms with E-state index in [0.29, 0.717) is 11.8 Å². The number of carbonyl (C=O) groups excluding carboxylic acids is 1. The molecular weight excluding hydrogens is 308 g/mol. The van der Waals surface area contributed by atoms with Crippen LogP contribution in [0, 0.1) is 11.6 Å². The van der Waals surface area contributed by atoms with Gasteiger partial charge in [-0.05, 0) is 25.1 Å². The van der Waals surface area contributed by atoms with Crippen molar-refractivity contribution < 1.29 is 27.8 Å². The lowest BCUT2D eigenvalue weighted by Gasteiger charge is -2.24. The fourth-order valence-corrected chi connectivity index (χ4v) is 2.08. The highest BCUT2D eigenvalue weighted by molar-refractivity contribution is 5.91. The van der Waals surface area contributed by atoms with E-state index in [4.69, 9.17) is 9.15 Å². The maximum absolute atomic E-state index is 13.7. The number of ether oxygens (including phenoxy) is 1. The lowest BCUT2D eigenvalue weighted by molar-refractivity contribution is 0.0486. The standard InChI is InChI=1S/C16H17F2NO4/c1-16(21,12-5-3-10(17)7-13(12)18)9-19-15(20)14-6-4-11(23-14)8-22-2/h3-7,21H,8-9H2,1-2H3,(H,19,20). The molecule has 124 valence electrons. The SMILES string of the molecule is COCc1ccc(C(=O)NCC(C)(O)c2ccc(F)cc2F)o1. The highest BCUT2D eigenvalue weighted by atomic mass is 19.1. The van der Waals surface area contributed by atoms with Crippen LogP contribution in [0.15, 0.2) is 34.7 Å². The minimum atomic E-state index is -1.70. The molecule has 1 unspecified atom stereocenters. The number of aliphatic hydroxyl groups is 1. The van der Waals surface area contributed by atoms with Crippen LogP contribution in [0.2, 0.25) is 0 Å². The van der Waals surface area contributed by atoms with Crippen LogP contribution in [0.25, 0.3) is 0 Å². The number of hydrogen-bond acceptors (Lipinski definition) is 4. The van der Waals surface area contributed by atoms with Gasteiger partial charge in [-0.15, -0.1) is 0 Å². The molecule has 0 aliphatic heterocycles. The van der Waals surface area contributed by atoms with E-state index in [2.05, 4.69) is 5.32 Å². The van der Waals surface area contributed by atoms with E-state index >= 15 is 0 Å². The van der Waals surface area contributed by atoms with E-state index in [1.165, 1.54) is 20.1 Å². The largest absolute Gasteiger partial charge is 0.453 e. The summed E-state index contributed by atoms with van der Waals surface area (Å²) in [6.07, 6.45) is 0. The molecule has 0 bridgehead atoms. The molecule has 0 saturated carbocycles. The average molecular weight is 325 g/mol. The summed E-state index contributed by atoms with van der Waals surface area (Å²) in [5.74, 6) is -1.66. The second kappa shape index (κ2) is 6.89. The van der Waals surface area contributed by atoms with Gasteiger partial charge in [0.2, 0.25) is 0 Å². The van der Waals surface area contributed by atoms with Gasteiger partial charge in [0.15, 0.2) is 5.76 Å². The van der Waals surface area contributed by atoms with Crippen molar-refractivity contribution >= 4 is 5.91 Å². The van der Waals surface area contributed by atoms with Crippen molar-refractivity contribution in [2.75, 3.05) is 13.7 Å². The zero-order valence-corrected chi connectivity index (χ0v) is 12.7. The number of rotatable bonds is 6. The fraction of sp³-hybridized carbons (Fsp3) is 0.312. The van der Waals surface area contributed by atoms with E-state index in [0.717, 1.165) is 12.1 Å². The van der Waals surface area contributed by atoms with Gasteiger partial charge in [0, 0.05) is 18.7 Å². The first kappa shape index (κ1) is 17.1. The Balaban J connectivity index is 2.04. The number of amides is 1. The summed E-state index contributed by atoms with van der Waals surface area (Å²) < 4.78 is 36.8. The van der Waals surface area contributed by atoms with Gasteiger partial charge in [0.1, 0.15) is 29.6 Å². The molecule has 7 heteroatoms. The van der Waals surface area contributed by atoms with Gasteiger partial charge >= 0.3 is 0 Å². The molecule has 0 aliphatic rings. The minimum absolute atomic E-state index is 0.0485. The van der Waals surface area contributed by atoms with Crippen molar-refractivity contribution in [2.45, 2.75) is 19.1 Å². The molecule has 0 fully saturated rings. The highest BCUT2D eigenvalue weighted by Crippen LogP contribution is 2.23. The first-order chi connectivity index (χ1) is 10.8. The topological polar surface area (TPSA) is 71.7 Å². The molecule has 1 heterocycles. The average Bonchev–Trinajstić information content (AvgIpc) is 2.93. The third-order valence-electron chi connectivity index (χ3n) is 3.28. The molecule has 1 amide bonds. The molecule has 23 heavy (non-hydrogen) atoms. The molecule has 2 aromatic rings. The monoisotopic (exact) mass is 325 g/mol. The Bertz CT molecular complexity index is 697. The third-order valence-corrected chi connectivity index (χ3v) is 3.28. The lowest BCUT2D eigenvalue weighted by Crippen LogP contribution is -2.39. The van der Waals surface area contributed by atoms with Crippen molar-refractivity contribution in [2.24, 2.45) is 0 Å². The molecular formula is C16H17F2NO4. The maximum Gasteiger partial charge on any atom is 0.287 e. The van der Waals surface area contributed by atoms with Crippen molar-refractivity contribution in [3.05, 3.63) is 59.1 Å². The normalized spacial score (nSPS) is 13.6. The number of halogens is 2. The summed E-state index contributed by atoms with van der Waals surface area (Å²) in [7, 11) is 1.50. The number of benzene rings is 1.